The van der Waals surface area contributed by atoms with Gasteiger partial charge in [0.15, 0.2) is 0 Å². The maximum atomic E-state index is 11.6. The van der Waals surface area contributed by atoms with Crippen LogP contribution >= 0.6 is 0 Å². The van der Waals surface area contributed by atoms with Crippen molar-refractivity contribution < 1.29 is 9.53 Å². The molecule has 0 unspecified atom stereocenters. The maximum Gasteiger partial charge on any atom is 0.337 e. The van der Waals surface area contributed by atoms with E-state index in [1.807, 2.05) is 34.9 Å². The summed E-state index contributed by atoms with van der Waals surface area (Å²) in [6.45, 7) is 0. The summed E-state index contributed by atoms with van der Waals surface area (Å²) in [4.78, 5) is 20.1. The molecular formula is C20H15N3O2. The minimum Gasteiger partial charge on any atom is -0.465 e. The van der Waals surface area contributed by atoms with Gasteiger partial charge in [0.2, 0.25) is 0 Å². The molecule has 2 aromatic heterocycles. The zero-order chi connectivity index (χ0) is 17.2. The highest BCUT2D eigenvalue weighted by Crippen LogP contribution is 2.25. The zero-order valence-electron chi connectivity index (χ0n) is 13.6. The van der Waals surface area contributed by atoms with Crippen LogP contribution in [0, 0.1) is 0 Å². The van der Waals surface area contributed by atoms with Crippen molar-refractivity contribution in [1.29, 1.82) is 0 Å². The molecule has 4 rings (SSSR count). The van der Waals surface area contributed by atoms with E-state index in [0.29, 0.717) is 5.56 Å². The number of methoxy groups -OCH3 is 1. The summed E-state index contributed by atoms with van der Waals surface area (Å²) in [5.74, 6) is -0.345. The van der Waals surface area contributed by atoms with Crippen LogP contribution in [0.3, 0.4) is 0 Å². The number of imidazole rings is 1. The lowest BCUT2D eigenvalue weighted by Crippen LogP contribution is -2.01. The van der Waals surface area contributed by atoms with E-state index < -0.39 is 0 Å². The van der Waals surface area contributed by atoms with Crippen LogP contribution in [-0.2, 0) is 4.74 Å². The molecule has 0 atom stereocenters. The topological polar surface area (TPSA) is 57.0 Å². The van der Waals surface area contributed by atoms with Crippen molar-refractivity contribution in [3.05, 3.63) is 78.9 Å². The number of rotatable bonds is 3. The molecule has 0 bridgehead atoms. The Bertz CT molecular complexity index is 1040. The molecule has 0 aliphatic heterocycles. The van der Waals surface area contributed by atoms with Crippen molar-refractivity contribution in [2.24, 2.45) is 0 Å². The summed E-state index contributed by atoms with van der Waals surface area (Å²) < 4.78 is 6.74. The van der Waals surface area contributed by atoms with Gasteiger partial charge in [-0.15, -0.1) is 0 Å². The summed E-state index contributed by atoms with van der Waals surface area (Å²) in [5.41, 5.74) is 5.57. The molecule has 2 heterocycles. The molecule has 0 aliphatic carbocycles. The van der Waals surface area contributed by atoms with E-state index in [1.165, 1.54) is 7.11 Å². The van der Waals surface area contributed by atoms with Gasteiger partial charge < -0.3 is 4.74 Å². The molecule has 5 nitrogen and oxygen atoms in total. The molecule has 2 aromatic carbocycles. The number of hydrogen-bond donors (Lipinski definition) is 0. The first-order valence-electron chi connectivity index (χ1n) is 7.82. The predicted octanol–water partition coefficient (Wildman–Crippen LogP) is 3.87. The Balaban J connectivity index is 1.78. The van der Waals surface area contributed by atoms with Gasteiger partial charge in [-0.05, 0) is 59.7 Å². The van der Waals surface area contributed by atoms with Gasteiger partial charge in [-0.3, -0.25) is 9.55 Å². The van der Waals surface area contributed by atoms with E-state index >= 15 is 0 Å². The van der Waals surface area contributed by atoms with Crippen LogP contribution in [0.5, 0.6) is 0 Å². The van der Waals surface area contributed by atoms with Crippen molar-refractivity contribution in [2.45, 2.75) is 0 Å². The summed E-state index contributed by atoms with van der Waals surface area (Å²) in [6.07, 6.45) is 5.35. The normalized spacial score (nSPS) is 10.8. The van der Waals surface area contributed by atoms with Crippen LogP contribution in [-0.4, -0.2) is 27.6 Å². The quantitative estimate of drug-likeness (QED) is 0.535. The average molecular weight is 329 g/mol. The molecule has 4 aromatic rings. The third-order valence-corrected chi connectivity index (χ3v) is 4.13. The van der Waals surface area contributed by atoms with E-state index in [1.54, 1.807) is 30.9 Å². The fourth-order valence-corrected chi connectivity index (χ4v) is 2.81. The highest BCUT2D eigenvalue weighted by Gasteiger charge is 2.09. The number of ether oxygens (including phenoxy) is 1. The average Bonchev–Trinajstić information content (AvgIpc) is 3.11. The van der Waals surface area contributed by atoms with Gasteiger partial charge in [-0.25, -0.2) is 9.78 Å². The SMILES string of the molecule is COC(=O)c1ccc(-n2cnc3ccc(-c4ccncc4)cc32)cc1. The Hall–Kier alpha value is -3.47. The summed E-state index contributed by atoms with van der Waals surface area (Å²) >= 11 is 0. The van der Waals surface area contributed by atoms with Crippen LogP contribution in [0.4, 0.5) is 0 Å². The highest BCUT2D eigenvalue weighted by molar-refractivity contribution is 5.89. The van der Waals surface area contributed by atoms with Gasteiger partial charge in [0, 0.05) is 18.1 Å². The summed E-state index contributed by atoms with van der Waals surface area (Å²) in [7, 11) is 1.38. The standard InChI is InChI=1S/C20H15N3O2/c1-25-20(24)15-2-5-17(6-3-15)23-13-22-18-7-4-16(12-19(18)23)14-8-10-21-11-9-14/h2-13H,1H3. The number of esters is 1. The number of hydrogen-bond acceptors (Lipinski definition) is 4. The molecule has 0 aliphatic rings. The lowest BCUT2D eigenvalue weighted by molar-refractivity contribution is 0.0601. The van der Waals surface area contributed by atoms with Crippen molar-refractivity contribution in [3.63, 3.8) is 0 Å². The Morgan fingerprint density at radius 3 is 2.44 bits per heavy atom. The minimum absolute atomic E-state index is 0.345. The van der Waals surface area contributed by atoms with Gasteiger partial charge in [0.25, 0.3) is 0 Å². The van der Waals surface area contributed by atoms with Gasteiger partial charge in [-0.2, -0.15) is 0 Å². The lowest BCUT2D eigenvalue weighted by Gasteiger charge is -2.07. The van der Waals surface area contributed by atoms with Gasteiger partial charge in [0.1, 0.15) is 6.33 Å². The fraction of sp³-hybridized carbons (Fsp3) is 0.0500. The predicted molar refractivity (Wildman–Crippen MR) is 95.6 cm³/mol. The molecule has 0 spiro atoms. The van der Waals surface area contributed by atoms with Crippen molar-refractivity contribution >= 4 is 17.0 Å². The Labute approximate surface area is 144 Å². The Morgan fingerprint density at radius 2 is 1.72 bits per heavy atom. The third-order valence-electron chi connectivity index (χ3n) is 4.13. The highest BCUT2D eigenvalue weighted by atomic mass is 16.5. The largest absolute Gasteiger partial charge is 0.465 e. The number of pyridine rings is 1. The van der Waals surface area contributed by atoms with Gasteiger partial charge in [-0.1, -0.05) is 6.07 Å². The molecule has 5 heteroatoms. The van der Waals surface area contributed by atoms with Crippen molar-refractivity contribution in [2.75, 3.05) is 7.11 Å². The van der Waals surface area contributed by atoms with E-state index in [2.05, 4.69) is 22.1 Å². The number of carbonyl (C=O) groups is 1. The van der Waals surface area contributed by atoms with Crippen LogP contribution in [0.25, 0.3) is 27.8 Å². The molecule has 25 heavy (non-hydrogen) atoms. The molecule has 122 valence electrons. The molecule has 0 N–H and O–H groups in total. The molecule has 0 fully saturated rings. The molecule has 0 saturated heterocycles. The van der Waals surface area contributed by atoms with Gasteiger partial charge >= 0.3 is 5.97 Å². The Morgan fingerprint density at radius 1 is 0.960 bits per heavy atom. The van der Waals surface area contributed by atoms with Crippen LogP contribution in [0.2, 0.25) is 0 Å². The lowest BCUT2D eigenvalue weighted by atomic mass is 10.1. The van der Waals surface area contributed by atoms with Gasteiger partial charge in [0.05, 0.1) is 23.7 Å². The molecule has 0 saturated carbocycles. The first-order chi connectivity index (χ1) is 12.3. The van der Waals surface area contributed by atoms with Crippen LogP contribution in [0.15, 0.2) is 73.3 Å². The van der Waals surface area contributed by atoms with E-state index in [-0.39, 0.29) is 5.97 Å². The fourth-order valence-electron chi connectivity index (χ4n) is 2.81. The van der Waals surface area contributed by atoms with Crippen LogP contribution in [0.1, 0.15) is 10.4 Å². The van der Waals surface area contributed by atoms with E-state index in [9.17, 15) is 4.79 Å². The molecule has 0 radical (unpaired) electrons. The van der Waals surface area contributed by atoms with E-state index in [4.69, 9.17) is 4.74 Å². The van der Waals surface area contributed by atoms with Crippen molar-refractivity contribution in [1.82, 2.24) is 14.5 Å². The number of fused-ring (bicyclic) bond motifs is 1. The second-order valence-corrected chi connectivity index (χ2v) is 5.59. The van der Waals surface area contributed by atoms with Crippen molar-refractivity contribution in [3.8, 4) is 16.8 Å². The first-order valence-corrected chi connectivity index (χ1v) is 7.82. The number of nitrogens with zero attached hydrogens (tertiary/aromatic N) is 3. The van der Waals surface area contributed by atoms with Crippen LogP contribution < -0.4 is 0 Å². The molecule has 0 amide bonds. The summed E-state index contributed by atoms with van der Waals surface area (Å²) in [6, 6.07) is 17.4. The summed E-state index contributed by atoms with van der Waals surface area (Å²) in [5, 5.41) is 0. The van der Waals surface area contributed by atoms with E-state index in [0.717, 1.165) is 27.8 Å². The second-order valence-electron chi connectivity index (χ2n) is 5.59. The number of aromatic nitrogens is 3. The maximum absolute atomic E-state index is 11.6. The monoisotopic (exact) mass is 329 g/mol. The smallest absolute Gasteiger partial charge is 0.337 e. The number of benzene rings is 2. The molecular weight excluding hydrogens is 314 g/mol. The second kappa shape index (κ2) is 6.20. The zero-order valence-corrected chi connectivity index (χ0v) is 13.6. The third kappa shape index (κ3) is 2.76. The minimum atomic E-state index is -0.345. The number of carbonyl (C=O) groups excluding carboxylic acids is 1. The first kappa shape index (κ1) is 15.1. The Kier molecular flexibility index (Phi) is 3.74.